The van der Waals surface area contributed by atoms with Crippen molar-refractivity contribution < 1.29 is 43.7 Å². The van der Waals surface area contributed by atoms with Crippen molar-refractivity contribution in [3.05, 3.63) is 0 Å². The second-order valence-electron chi connectivity index (χ2n) is 5.72. The van der Waals surface area contributed by atoms with Crippen LogP contribution in [0.25, 0.3) is 0 Å². The molecule has 0 atom stereocenters. The SMILES string of the molecule is C[N+](C)(C)CCOC(=O)C(O)(CC(=O)O)CC(=O)O.NC(N)=O. The first-order valence-electron chi connectivity index (χ1n) is 6.38. The van der Waals surface area contributed by atoms with E-state index in [4.69, 9.17) is 19.7 Å². The van der Waals surface area contributed by atoms with Crippen LogP contribution in [-0.4, -0.2) is 83.6 Å². The molecule has 0 saturated heterocycles. The van der Waals surface area contributed by atoms with Gasteiger partial charge < -0.3 is 36.0 Å². The number of ether oxygens (including phenoxy) is 1. The normalized spacial score (nSPS) is 11.0. The highest BCUT2D eigenvalue weighted by Gasteiger charge is 2.42. The fraction of sp³-hybridized carbons (Fsp3) is 0.667. The number of rotatable bonds is 8. The van der Waals surface area contributed by atoms with Crippen molar-refractivity contribution in [2.24, 2.45) is 11.5 Å². The van der Waals surface area contributed by atoms with Gasteiger partial charge in [-0.15, -0.1) is 0 Å². The number of carbonyl (C=O) groups is 4. The quantitative estimate of drug-likeness (QED) is 0.246. The van der Waals surface area contributed by atoms with Crippen LogP contribution in [-0.2, 0) is 19.1 Å². The lowest BCUT2D eigenvalue weighted by atomic mass is 9.96. The fourth-order valence-corrected chi connectivity index (χ4v) is 1.25. The predicted octanol–water partition coefficient (Wildman–Crippen LogP) is -2.06. The highest BCUT2D eigenvalue weighted by Crippen LogP contribution is 2.18. The number of esters is 1. The number of primary amides is 2. The molecule has 0 radical (unpaired) electrons. The first-order valence-corrected chi connectivity index (χ1v) is 6.38. The number of likely N-dealkylation sites (N-methyl/N-ethyl adjacent to an activating group) is 1. The van der Waals surface area contributed by atoms with Gasteiger partial charge in [-0.3, -0.25) is 9.59 Å². The van der Waals surface area contributed by atoms with Crippen molar-refractivity contribution in [3.8, 4) is 0 Å². The lowest BCUT2D eigenvalue weighted by molar-refractivity contribution is -0.870. The van der Waals surface area contributed by atoms with Crippen LogP contribution in [0.2, 0.25) is 0 Å². The molecule has 0 aromatic heterocycles. The number of aliphatic carboxylic acids is 2. The largest absolute Gasteiger partial charge is 0.481 e. The number of carboxylic acids is 2. The standard InChI is InChI=1S/C11H19NO7.CH4N2O/c1-12(2,3)4-5-19-10(17)11(18,6-8(13)14)7-9(15)16;2-1(3)4/h18H,4-7H2,1-3H3,(H-,13,14,15,16);(H4,2,3,4)/p+1. The Labute approximate surface area is 133 Å². The van der Waals surface area contributed by atoms with Gasteiger partial charge >= 0.3 is 23.9 Å². The van der Waals surface area contributed by atoms with E-state index in [-0.39, 0.29) is 6.61 Å². The predicted molar refractivity (Wildman–Crippen MR) is 77.1 cm³/mol. The Morgan fingerprint density at radius 3 is 1.61 bits per heavy atom. The second kappa shape index (κ2) is 9.58. The Bertz CT molecular complexity index is 424. The molecule has 0 saturated carbocycles. The summed E-state index contributed by atoms with van der Waals surface area (Å²) in [5, 5.41) is 27.0. The number of urea groups is 1. The average molecular weight is 338 g/mol. The monoisotopic (exact) mass is 338 g/mol. The highest BCUT2D eigenvalue weighted by atomic mass is 16.6. The number of hydrogen-bond donors (Lipinski definition) is 5. The lowest BCUT2D eigenvalue weighted by Crippen LogP contribution is -2.45. The highest BCUT2D eigenvalue weighted by molar-refractivity contribution is 5.89. The average Bonchev–Trinajstić information content (AvgIpc) is 2.23. The molecule has 2 amide bonds. The number of aliphatic hydroxyl groups is 1. The molecule has 0 rings (SSSR count). The molecule has 7 N–H and O–H groups in total. The molecule has 23 heavy (non-hydrogen) atoms. The number of carboxylic acid groups (broad SMARTS) is 2. The minimum Gasteiger partial charge on any atom is -0.481 e. The number of quaternary nitrogens is 1. The van der Waals surface area contributed by atoms with Gasteiger partial charge in [0.15, 0.2) is 5.60 Å². The number of nitrogens with two attached hydrogens (primary N) is 2. The van der Waals surface area contributed by atoms with Crippen LogP contribution in [0.5, 0.6) is 0 Å². The molecule has 0 aromatic rings. The zero-order chi connectivity index (χ0) is 18.8. The van der Waals surface area contributed by atoms with E-state index in [0.717, 1.165) is 0 Å². The summed E-state index contributed by atoms with van der Waals surface area (Å²) in [5.41, 5.74) is 5.96. The van der Waals surface area contributed by atoms with Crippen LogP contribution in [0.3, 0.4) is 0 Å². The molecule has 11 nitrogen and oxygen atoms in total. The number of hydrogen-bond acceptors (Lipinski definition) is 6. The topological polar surface area (TPSA) is 190 Å². The lowest BCUT2D eigenvalue weighted by Gasteiger charge is -2.26. The van der Waals surface area contributed by atoms with E-state index in [2.05, 4.69) is 11.5 Å². The first kappa shape index (κ1) is 22.9. The van der Waals surface area contributed by atoms with E-state index in [0.29, 0.717) is 11.0 Å². The van der Waals surface area contributed by atoms with Crippen LogP contribution in [0.4, 0.5) is 4.79 Å². The van der Waals surface area contributed by atoms with Crippen LogP contribution >= 0.6 is 0 Å². The van der Waals surface area contributed by atoms with Gasteiger partial charge in [0.05, 0.1) is 34.0 Å². The van der Waals surface area contributed by atoms with Crippen molar-refractivity contribution in [3.63, 3.8) is 0 Å². The molecule has 0 spiro atoms. The van der Waals surface area contributed by atoms with E-state index in [1.165, 1.54) is 0 Å². The maximum absolute atomic E-state index is 11.6. The Balaban J connectivity index is 0. The smallest absolute Gasteiger partial charge is 0.339 e. The number of amides is 2. The summed E-state index contributed by atoms with van der Waals surface area (Å²) in [6, 6.07) is -0.833. The Hall–Kier alpha value is -2.40. The maximum Gasteiger partial charge on any atom is 0.339 e. The zero-order valence-corrected chi connectivity index (χ0v) is 13.3. The third kappa shape index (κ3) is 14.3. The summed E-state index contributed by atoms with van der Waals surface area (Å²) in [6.45, 7) is 0.409. The molecule has 11 heteroatoms. The van der Waals surface area contributed by atoms with E-state index >= 15 is 0 Å². The van der Waals surface area contributed by atoms with Gasteiger partial charge in [-0.05, 0) is 0 Å². The van der Waals surface area contributed by atoms with Crippen molar-refractivity contribution >= 4 is 23.9 Å². The minimum absolute atomic E-state index is 0.0378. The van der Waals surface area contributed by atoms with E-state index < -0.39 is 42.4 Å². The molecule has 0 bridgehead atoms. The van der Waals surface area contributed by atoms with Crippen molar-refractivity contribution in [1.82, 2.24) is 0 Å². The van der Waals surface area contributed by atoms with Gasteiger partial charge in [0.25, 0.3) is 0 Å². The van der Waals surface area contributed by atoms with Gasteiger partial charge in [-0.25, -0.2) is 9.59 Å². The Morgan fingerprint density at radius 2 is 1.35 bits per heavy atom. The summed E-state index contributed by atoms with van der Waals surface area (Å²) in [5.74, 6) is -4.19. The Morgan fingerprint density at radius 1 is 1.00 bits per heavy atom. The molecular formula is C12H24N3O8+. The summed E-state index contributed by atoms with van der Waals surface area (Å²) >= 11 is 0. The zero-order valence-electron chi connectivity index (χ0n) is 13.3. The van der Waals surface area contributed by atoms with Gasteiger partial charge in [-0.1, -0.05) is 0 Å². The molecule has 0 heterocycles. The van der Waals surface area contributed by atoms with Crippen molar-refractivity contribution in [1.29, 1.82) is 0 Å². The van der Waals surface area contributed by atoms with E-state index in [1.807, 2.05) is 21.1 Å². The molecule has 0 unspecified atom stereocenters. The van der Waals surface area contributed by atoms with Crippen LogP contribution in [0, 0.1) is 0 Å². The molecule has 0 fully saturated rings. The maximum atomic E-state index is 11.6. The summed E-state index contributed by atoms with van der Waals surface area (Å²) in [6.07, 6.45) is -2.02. The summed E-state index contributed by atoms with van der Waals surface area (Å²) in [7, 11) is 5.57. The third-order valence-corrected chi connectivity index (χ3v) is 2.26. The minimum atomic E-state index is -2.54. The second-order valence-corrected chi connectivity index (χ2v) is 5.72. The molecule has 134 valence electrons. The molecular weight excluding hydrogens is 314 g/mol. The van der Waals surface area contributed by atoms with Gasteiger partial charge in [0.2, 0.25) is 0 Å². The number of nitrogens with zero attached hydrogens (tertiary/aromatic N) is 1. The van der Waals surface area contributed by atoms with Gasteiger partial charge in [0.1, 0.15) is 13.2 Å². The van der Waals surface area contributed by atoms with E-state index in [9.17, 15) is 19.5 Å². The Kier molecular flexibility index (Phi) is 9.53. The summed E-state index contributed by atoms with van der Waals surface area (Å²) < 4.78 is 5.26. The molecule has 0 aromatic carbocycles. The van der Waals surface area contributed by atoms with E-state index in [1.54, 1.807) is 0 Å². The molecule has 0 aliphatic heterocycles. The van der Waals surface area contributed by atoms with Crippen molar-refractivity contribution in [2.45, 2.75) is 18.4 Å². The van der Waals surface area contributed by atoms with Gasteiger partial charge in [-0.2, -0.15) is 0 Å². The van der Waals surface area contributed by atoms with Gasteiger partial charge in [0, 0.05) is 0 Å². The van der Waals surface area contributed by atoms with Crippen LogP contribution in [0.15, 0.2) is 0 Å². The molecule has 0 aliphatic carbocycles. The number of carbonyl (C=O) groups excluding carboxylic acids is 2. The van der Waals surface area contributed by atoms with Crippen LogP contribution < -0.4 is 11.5 Å². The summed E-state index contributed by atoms with van der Waals surface area (Å²) in [4.78, 5) is 41.8. The van der Waals surface area contributed by atoms with Crippen LogP contribution in [0.1, 0.15) is 12.8 Å². The first-order chi connectivity index (χ1) is 10.2. The van der Waals surface area contributed by atoms with Crippen molar-refractivity contribution in [2.75, 3.05) is 34.3 Å². The molecule has 0 aliphatic rings. The fourth-order valence-electron chi connectivity index (χ4n) is 1.25. The third-order valence-electron chi connectivity index (χ3n) is 2.26.